The molecule has 0 bridgehead atoms. The van der Waals surface area contributed by atoms with Gasteiger partial charge in [-0.05, 0) is 26.3 Å². The summed E-state index contributed by atoms with van der Waals surface area (Å²) in [4.78, 5) is 19.2. The first-order valence-electron chi connectivity index (χ1n) is 5.41. The first-order chi connectivity index (χ1) is 7.72. The summed E-state index contributed by atoms with van der Waals surface area (Å²) in [5.74, 6) is 0.420. The third-order valence-electron chi connectivity index (χ3n) is 2.03. The zero-order valence-electron chi connectivity index (χ0n) is 9.64. The van der Waals surface area contributed by atoms with Gasteiger partial charge in [-0.25, -0.2) is 9.97 Å². The Kier molecular flexibility index (Phi) is 5.25. The first-order valence-corrected chi connectivity index (χ1v) is 5.41. The van der Waals surface area contributed by atoms with E-state index in [1.54, 1.807) is 25.4 Å². The molecule has 1 unspecified atom stereocenters. The molecule has 0 aliphatic carbocycles. The van der Waals surface area contributed by atoms with E-state index in [0.29, 0.717) is 25.4 Å². The van der Waals surface area contributed by atoms with Gasteiger partial charge in [0.15, 0.2) is 0 Å². The average Bonchev–Trinajstić information content (AvgIpc) is 2.28. The molecule has 0 aromatic carbocycles. The van der Waals surface area contributed by atoms with E-state index in [2.05, 4.69) is 15.3 Å². The van der Waals surface area contributed by atoms with E-state index < -0.39 is 0 Å². The van der Waals surface area contributed by atoms with Crippen LogP contribution >= 0.6 is 0 Å². The van der Waals surface area contributed by atoms with Crippen LogP contribution in [-0.4, -0.2) is 28.6 Å². The summed E-state index contributed by atoms with van der Waals surface area (Å²) in [5.41, 5.74) is 0. The molecule has 1 rings (SSSR count). The maximum Gasteiger partial charge on any atom is 0.305 e. The Labute approximate surface area is 95.3 Å². The number of anilines is 1. The second kappa shape index (κ2) is 6.76. The summed E-state index contributed by atoms with van der Waals surface area (Å²) in [6, 6.07) is 1.90. The van der Waals surface area contributed by atoms with Crippen molar-refractivity contribution >= 4 is 11.9 Å². The molecule has 1 N–H and O–H groups in total. The van der Waals surface area contributed by atoms with Gasteiger partial charge in [0, 0.05) is 24.9 Å². The molecule has 5 nitrogen and oxygen atoms in total. The van der Waals surface area contributed by atoms with Gasteiger partial charge in [-0.15, -0.1) is 0 Å². The zero-order chi connectivity index (χ0) is 11.8. The van der Waals surface area contributed by atoms with E-state index in [9.17, 15) is 4.79 Å². The van der Waals surface area contributed by atoms with Crippen LogP contribution in [0, 0.1) is 0 Å². The number of nitrogens with zero attached hydrogens (tertiary/aromatic N) is 2. The van der Waals surface area contributed by atoms with Crippen LogP contribution in [-0.2, 0) is 9.53 Å². The van der Waals surface area contributed by atoms with Crippen molar-refractivity contribution in [1.29, 1.82) is 0 Å². The monoisotopic (exact) mass is 223 g/mol. The minimum Gasteiger partial charge on any atom is -0.466 e. The van der Waals surface area contributed by atoms with Crippen LogP contribution in [0.25, 0.3) is 0 Å². The number of carbonyl (C=O) groups is 1. The highest BCUT2D eigenvalue weighted by Crippen LogP contribution is 2.04. The lowest BCUT2D eigenvalue weighted by molar-refractivity contribution is -0.143. The summed E-state index contributed by atoms with van der Waals surface area (Å²) >= 11 is 0. The van der Waals surface area contributed by atoms with Gasteiger partial charge in [-0.3, -0.25) is 4.79 Å². The predicted molar refractivity (Wildman–Crippen MR) is 61.0 cm³/mol. The van der Waals surface area contributed by atoms with Crippen molar-refractivity contribution in [2.45, 2.75) is 32.7 Å². The molecule has 5 heteroatoms. The molecule has 0 saturated heterocycles. The summed E-state index contributed by atoms with van der Waals surface area (Å²) < 4.78 is 4.84. The van der Waals surface area contributed by atoms with Gasteiger partial charge in [0.1, 0.15) is 0 Å². The molecule has 1 aromatic rings. The van der Waals surface area contributed by atoms with Crippen molar-refractivity contribution in [2.75, 3.05) is 11.9 Å². The lowest BCUT2D eigenvalue weighted by Crippen LogP contribution is -2.18. The fraction of sp³-hybridized carbons (Fsp3) is 0.545. The number of carbonyl (C=O) groups excluding carboxylic acids is 1. The van der Waals surface area contributed by atoms with Gasteiger partial charge in [0.2, 0.25) is 5.95 Å². The van der Waals surface area contributed by atoms with Crippen molar-refractivity contribution in [1.82, 2.24) is 9.97 Å². The molecule has 1 aromatic heterocycles. The van der Waals surface area contributed by atoms with Gasteiger partial charge < -0.3 is 10.1 Å². The molecule has 0 spiro atoms. The topological polar surface area (TPSA) is 64.1 Å². The Hall–Kier alpha value is -1.65. The molecular formula is C11H17N3O2. The highest BCUT2D eigenvalue weighted by molar-refractivity contribution is 5.69. The van der Waals surface area contributed by atoms with Crippen LogP contribution in [0.2, 0.25) is 0 Å². The summed E-state index contributed by atoms with van der Waals surface area (Å²) in [6.45, 7) is 4.22. The number of hydrogen-bond donors (Lipinski definition) is 1. The first kappa shape index (κ1) is 12.4. The molecule has 0 aliphatic heterocycles. The molecule has 1 heterocycles. The average molecular weight is 223 g/mol. The molecule has 0 fully saturated rings. The van der Waals surface area contributed by atoms with Crippen molar-refractivity contribution in [3.05, 3.63) is 18.5 Å². The van der Waals surface area contributed by atoms with Crippen LogP contribution in [0.3, 0.4) is 0 Å². The Morgan fingerprint density at radius 1 is 1.50 bits per heavy atom. The van der Waals surface area contributed by atoms with E-state index in [1.165, 1.54) is 0 Å². The van der Waals surface area contributed by atoms with Crippen LogP contribution in [0.4, 0.5) is 5.95 Å². The van der Waals surface area contributed by atoms with Crippen LogP contribution in [0.5, 0.6) is 0 Å². The highest BCUT2D eigenvalue weighted by atomic mass is 16.5. The number of ether oxygens (including phenoxy) is 1. The van der Waals surface area contributed by atoms with Crippen molar-refractivity contribution in [3.63, 3.8) is 0 Å². The van der Waals surface area contributed by atoms with E-state index in [-0.39, 0.29) is 12.0 Å². The maximum atomic E-state index is 11.1. The van der Waals surface area contributed by atoms with Crippen molar-refractivity contribution in [2.24, 2.45) is 0 Å². The largest absolute Gasteiger partial charge is 0.466 e. The van der Waals surface area contributed by atoms with Gasteiger partial charge >= 0.3 is 5.97 Å². The predicted octanol–water partition coefficient (Wildman–Crippen LogP) is 1.62. The van der Waals surface area contributed by atoms with E-state index in [0.717, 1.165) is 0 Å². The lowest BCUT2D eigenvalue weighted by atomic mass is 10.2. The number of esters is 1. The van der Waals surface area contributed by atoms with Gasteiger partial charge in [-0.1, -0.05) is 0 Å². The molecule has 0 aliphatic rings. The standard InChI is InChI=1S/C11H17N3O2/c1-3-16-10(15)6-5-9(2)14-11-12-7-4-8-13-11/h4,7-9H,3,5-6H2,1-2H3,(H,12,13,14). The van der Waals surface area contributed by atoms with Crippen molar-refractivity contribution < 1.29 is 9.53 Å². The van der Waals surface area contributed by atoms with Crippen LogP contribution < -0.4 is 5.32 Å². The van der Waals surface area contributed by atoms with Gasteiger partial charge in [-0.2, -0.15) is 0 Å². The molecule has 1 atom stereocenters. The summed E-state index contributed by atoms with van der Waals surface area (Å²) in [5, 5.41) is 3.11. The minimum absolute atomic E-state index is 0.145. The number of hydrogen-bond acceptors (Lipinski definition) is 5. The molecule has 0 radical (unpaired) electrons. The summed E-state index contributed by atoms with van der Waals surface area (Å²) in [7, 11) is 0. The maximum absolute atomic E-state index is 11.1. The second-order valence-electron chi connectivity index (χ2n) is 3.46. The van der Waals surface area contributed by atoms with Gasteiger partial charge in [0.25, 0.3) is 0 Å². The molecule has 16 heavy (non-hydrogen) atoms. The normalized spacial score (nSPS) is 11.9. The highest BCUT2D eigenvalue weighted by Gasteiger charge is 2.07. The fourth-order valence-corrected chi connectivity index (χ4v) is 1.23. The van der Waals surface area contributed by atoms with Crippen molar-refractivity contribution in [3.8, 4) is 0 Å². The van der Waals surface area contributed by atoms with Crippen LogP contribution in [0.1, 0.15) is 26.7 Å². The third-order valence-corrected chi connectivity index (χ3v) is 2.03. The second-order valence-corrected chi connectivity index (χ2v) is 3.46. The SMILES string of the molecule is CCOC(=O)CCC(C)Nc1ncccn1. The number of rotatable bonds is 6. The Balaban J connectivity index is 2.26. The quantitative estimate of drug-likeness (QED) is 0.742. The minimum atomic E-state index is -0.162. The smallest absolute Gasteiger partial charge is 0.305 e. The van der Waals surface area contributed by atoms with Crippen LogP contribution in [0.15, 0.2) is 18.5 Å². The van der Waals surface area contributed by atoms with E-state index >= 15 is 0 Å². The number of aromatic nitrogens is 2. The van der Waals surface area contributed by atoms with Gasteiger partial charge in [0.05, 0.1) is 6.61 Å². The summed E-state index contributed by atoms with van der Waals surface area (Å²) in [6.07, 6.45) is 4.47. The molecule has 88 valence electrons. The lowest BCUT2D eigenvalue weighted by Gasteiger charge is -2.12. The fourth-order valence-electron chi connectivity index (χ4n) is 1.23. The zero-order valence-corrected chi connectivity index (χ0v) is 9.64. The molecular weight excluding hydrogens is 206 g/mol. The third kappa shape index (κ3) is 4.72. The number of nitrogens with one attached hydrogen (secondary N) is 1. The Morgan fingerprint density at radius 3 is 2.81 bits per heavy atom. The van der Waals surface area contributed by atoms with E-state index in [1.807, 2.05) is 6.92 Å². The van der Waals surface area contributed by atoms with E-state index in [4.69, 9.17) is 4.74 Å². The molecule has 0 amide bonds. The molecule has 0 saturated carbocycles. The Bertz CT molecular complexity index is 316. The Morgan fingerprint density at radius 2 is 2.19 bits per heavy atom.